The molecule has 1 atom stereocenters. The summed E-state index contributed by atoms with van der Waals surface area (Å²) in [6.07, 6.45) is 8.17. The SMILES string of the molecule is CCC(N)CCCc1nccn1C. The Hall–Kier alpha value is -0.830. The van der Waals surface area contributed by atoms with Crippen molar-refractivity contribution >= 4 is 0 Å². The van der Waals surface area contributed by atoms with Gasteiger partial charge in [0.2, 0.25) is 0 Å². The van der Waals surface area contributed by atoms with E-state index in [1.165, 1.54) is 0 Å². The Bertz CT molecular complexity index is 242. The molecule has 3 nitrogen and oxygen atoms in total. The lowest BCUT2D eigenvalue weighted by Gasteiger charge is -2.07. The summed E-state index contributed by atoms with van der Waals surface area (Å²) in [5, 5.41) is 0. The molecular formula is C10H19N3. The van der Waals surface area contributed by atoms with Crippen LogP contribution in [0.5, 0.6) is 0 Å². The molecule has 0 radical (unpaired) electrons. The van der Waals surface area contributed by atoms with E-state index >= 15 is 0 Å². The van der Waals surface area contributed by atoms with Crippen molar-refractivity contribution in [2.45, 2.75) is 38.6 Å². The van der Waals surface area contributed by atoms with E-state index in [4.69, 9.17) is 5.73 Å². The average molecular weight is 181 g/mol. The van der Waals surface area contributed by atoms with Gasteiger partial charge in [-0.3, -0.25) is 0 Å². The zero-order valence-electron chi connectivity index (χ0n) is 8.53. The smallest absolute Gasteiger partial charge is 0.108 e. The van der Waals surface area contributed by atoms with E-state index in [9.17, 15) is 0 Å². The first kappa shape index (κ1) is 10.3. The summed E-state index contributed by atoms with van der Waals surface area (Å²) in [5.74, 6) is 1.16. The summed E-state index contributed by atoms with van der Waals surface area (Å²) < 4.78 is 2.07. The first-order chi connectivity index (χ1) is 6.24. The summed E-state index contributed by atoms with van der Waals surface area (Å²) in [6.45, 7) is 2.13. The van der Waals surface area contributed by atoms with Gasteiger partial charge in [-0.05, 0) is 19.3 Å². The first-order valence-electron chi connectivity index (χ1n) is 4.95. The second-order valence-corrected chi connectivity index (χ2v) is 3.51. The lowest BCUT2D eigenvalue weighted by atomic mass is 10.1. The molecule has 1 rings (SSSR count). The minimum absolute atomic E-state index is 0.361. The van der Waals surface area contributed by atoms with E-state index in [2.05, 4.69) is 16.5 Å². The number of aryl methyl sites for hydroxylation is 2. The molecule has 1 aromatic heterocycles. The third-order valence-electron chi connectivity index (χ3n) is 2.42. The van der Waals surface area contributed by atoms with Crippen molar-refractivity contribution in [2.75, 3.05) is 0 Å². The maximum Gasteiger partial charge on any atom is 0.108 e. The van der Waals surface area contributed by atoms with Crippen LogP contribution in [0.4, 0.5) is 0 Å². The number of aromatic nitrogens is 2. The normalized spacial score (nSPS) is 13.2. The molecule has 0 fully saturated rings. The highest BCUT2D eigenvalue weighted by molar-refractivity contribution is 4.90. The Morgan fingerprint density at radius 2 is 2.38 bits per heavy atom. The highest BCUT2D eigenvalue weighted by Gasteiger charge is 2.01. The molecule has 0 amide bonds. The van der Waals surface area contributed by atoms with Gasteiger partial charge in [0.15, 0.2) is 0 Å². The molecule has 1 aromatic rings. The fourth-order valence-electron chi connectivity index (χ4n) is 1.36. The van der Waals surface area contributed by atoms with Crippen LogP contribution >= 0.6 is 0 Å². The average Bonchev–Trinajstić information content (AvgIpc) is 2.52. The van der Waals surface area contributed by atoms with Crippen LogP contribution in [0.15, 0.2) is 12.4 Å². The zero-order valence-corrected chi connectivity index (χ0v) is 8.53. The second kappa shape index (κ2) is 5.02. The molecule has 1 heterocycles. The topological polar surface area (TPSA) is 43.8 Å². The molecular weight excluding hydrogens is 162 g/mol. The monoisotopic (exact) mass is 181 g/mol. The van der Waals surface area contributed by atoms with E-state index in [1.807, 2.05) is 19.4 Å². The summed E-state index contributed by atoms with van der Waals surface area (Å²) in [6, 6.07) is 0.361. The maximum atomic E-state index is 5.82. The molecule has 13 heavy (non-hydrogen) atoms. The summed E-state index contributed by atoms with van der Waals surface area (Å²) in [4.78, 5) is 4.26. The first-order valence-corrected chi connectivity index (χ1v) is 4.95. The molecule has 2 N–H and O–H groups in total. The summed E-state index contributed by atoms with van der Waals surface area (Å²) in [5.41, 5.74) is 5.82. The number of imidazole rings is 1. The fourth-order valence-corrected chi connectivity index (χ4v) is 1.36. The number of nitrogens with zero attached hydrogens (tertiary/aromatic N) is 2. The lowest BCUT2D eigenvalue weighted by molar-refractivity contribution is 0.557. The van der Waals surface area contributed by atoms with E-state index in [0.29, 0.717) is 6.04 Å². The van der Waals surface area contributed by atoms with Crippen LogP contribution in [0.1, 0.15) is 32.0 Å². The molecule has 0 bridgehead atoms. The third kappa shape index (κ3) is 3.19. The predicted molar refractivity (Wildman–Crippen MR) is 54.4 cm³/mol. The van der Waals surface area contributed by atoms with Gasteiger partial charge in [-0.15, -0.1) is 0 Å². The molecule has 0 aromatic carbocycles. The van der Waals surface area contributed by atoms with Gasteiger partial charge in [-0.2, -0.15) is 0 Å². The van der Waals surface area contributed by atoms with Crippen LogP contribution < -0.4 is 5.73 Å². The van der Waals surface area contributed by atoms with Crippen molar-refractivity contribution in [1.82, 2.24) is 9.55 Å². The van der Waals surface area contributed by atoms with Crippen LogP contribution in [0.25, 0.3) is 0 Å². The number of hydrogen-bond donors (Lipinski definition) is 1. The summed E-state index contributed by atoms with van der Waals surface area (Å²) >= 11 is 0. The lowest BCUT2D eigenvalue weighted by Crippen LogP contribution is -2.18. The zero-order chi connectivity index (χ0) is 9.68. The van der Waals surface area contributed by atoms with E-state index in [-0.39, 0.29) is 0 Å². The number of hydrogen-bond acceptors (Lipinski definition) is 2. The molecule has 0 saturated heterocycles. The van der Waals surface area contributed by atoms with Crippen molar-refractivity contribution in [1.29, 1.82) is 0 Å². The molecule has 0 saturated carbocycles. The van der Waals surface area contributed by atoms with E-state index in [0.717, 1.165) is 31.5 Å². The van der Waals surface area contributed by atoms with Crippen LogP contribution in [-0.4, -0.2) is 15.6 Å². The van der Waals surface area contributed by atoms with Gasteiger partial charge >= 0.3 is 0 Å². The quantitative estimate of drug-likeness (QED) is 0.747. The molecule has 3 heteroatoms. The highest BCUT2D eigenvalue weighted by Crippen LogP contribution is 2.04. The van der Waals surface area contributed by atoms with Gasteiger partial charge in [-0.1, -0.05) is 6.92 Å². The van der Waals surface area contributed by atoms with Gasteiger partial charge in [-0.25, -0.2) is 4.98 Å². The largest absolute Gasteiger partial charge is 0.338 e. The molecule has 0 spiro atoms. The Morgan fingerprint density at radius 3 is 2.92 bits per heavy atom. The Balaban J connectivity index is 2.24. The number of rotatable bonds is 5. The third-order valence-corrected chi connectivity index (χ3v) is 2.42. The molecule has 1 unspecified atom stereocenters. The van der Waals surface area contributed by atoms with E-state index in [1.54, 1.807) is 0 Å². The van der Waals surface area contributed by atoms with Crippen molar-refractivity contribution in [3.05, 3.63) is 18.2 Å². The van der Waals surface area contributed by atoms with Gasteiger partial charge in [0, 0.05) is 31.9 Å². The Morgan fingerprint density at radius 1 is 1.62 bits per heavy atom. The molecule has 0 aliphatic carbocycles. The Labute approximate surface area is 80.0 Å². The maximum absolute atomic E-state index is 5.82. The van der Waals surface area contributed by atoms with Crippen molar-refractivity contribution in [3.8, 4) is 0 Å². The minimum atomic E-state index is 0.361. The van der Waals surface area contributed by atoms with Crippen LogP contribution in [0.3, 0.4) is 0 Å². The van der Waals surface area contributed by atoms with Gasteiger partial charge < -0.3 is 10.3 Å². The summed E-state index contributed by atoms with van der Waals surface area (Å²) in [7, 11) is 2.03. The minimum Gasteiger partial charge on any atom is -0.338 e. The van der Waals surface area contributed by atoms with Gasteiger partial charge in [0.1, 0.15) is 5.82 Å². The van der Waals surface area contributed by atoms with Crippen molar-refractivity contribution in [2.24, 2.45) is 12.8 Å². The number of nitrogens with two attached hydrogens (primary N) is 1. The standard InChI is InChI=1S/C10H19N3/c1-3-9(11)5-4-6-10-12-7-8-13(10)2/h7-9H,3-6,11H2,1-2H3. The van der Waals surface area contributed by atoms with Crippen molar-refractivity contribution in [3.63, 3.8) is 0 Å². The second-order valence-electron chi connectivity index (χ2n) is 3.51. The highest BCUT2D eigenvalue weighted by atomic mass is 15.0. The van der Waals surface area contributed by atoms with Crippen LogP contribution in [0.2, 0.25) is 0 Å². The van der Waals surface area contributed by atoms with Gasteiger partial charge in [0.05, 0.1) is 0 Å². The van der Waals surface area contributed by atoms with Crippen molar-refractivity contribution < 1.29 is 0 Å². The van der Waals surface area contributed by atoms with E-state index < -0.39 is 0 Å². The Kier molecular flexibility index (Phi) is 3.96. The predicted octanol–water partition coefficient (Wildman–Crippen LogP) is 1.48. The van der Waals surface area contributed by atoms with Crippen LogP contribution in [-0.2, 0) is 13.5 Å². The van der Waals surface area contributed by atoms with Crippen LogP contribution in [0, 0.1) is 0 Å². The molecule has 0 aliphatic rings. The molecule has 0 aliphatic heterocycles. The molecule has 74 valence electrons. The van der Waals surface area contributed by atoms with Gasteiger partial charge in [0.25, 0.3) is 0 Å². The fraction of sp³-hybridized carbons (Fsp3) is 0.700.